The summed E-state index contributed by atoms with van der Waals surface area (Å²) in [5.41, 5.74) is 1.23. The predicted octanol–water partition coefficient (Wildman–Crippen LogP) is 1.35. The molecule has 0 bridgehead atoms. The fourth-order valence-corrected chi connectivity index (χ4v) is 1.99. The molecule has 2 rings (SSSR count). The first-order chi connectivity index (χ1) is 9.09. The molecule has 0 saturated carbocycles. The second-order valence-corrected chi connectivity index (χ2v) is 4.47. The van der Waals surface area contributed by atoms with Crippen molar-refractivity contribution in [2.75, 3.05) is 6.54 Å². The quantitative estimate of drug-likeness (QED) is 0.760. The lowest BCUT2D eigenvalue weighted by atomic mass is 10.0. The standard InChI is InChI=1S/C14H17NO4/c1-9(16)15-7-6-12(17)14(18)11-8-19-13-5-3-2-4-10(11)13/h2-5,8,12,14,17-18H,6-7H2,1H3,(H,15,16). The van der Waals surface area contributed by atoms with Gasteiger partial charge in [0.05, 0.1) is 12.4 Å². The van der Waals surface area contributed by atoms with Crippen molar-refractivity contribution in [1.29, 1.82) is 0 Å². The maximum Gasteiger partial charge on any atom is 0.216 e. The fourth-order valence-electron chi connectivity index (χ4n) is 1.99. The molecular formula is C14H17NO4. The van der Waals surface area contributed by atoms with Crippen LogP contribution in [0.25, 0.3) is 11.0 Å². The topological polar surface area (TPSA) is 82.7 Å². The Labute approximate surface area is 110 Å². The van der Waals surface area contributed by atoms with Crippen LogP contribution in [-0.4, -0.2) is 28.8 Å². The van der Waals surface area contributed by atoms with E-state index in [0.717, 1.165) is 5.39 Å². The van der Waals surface area contributed by atoms with Gasteiger partial charge in [0, 0.05) is 24.4 Å². The zero-order valence-electron chi connectivity index (χ0n) is 10.7. The third-order valence-corrected chi connectivity index (χ3v) is 3.01. The summed E-state index contributed by atoms with van der Waals surface area (Å²) < 4.78 is 5.32. The van der Waals surface area contributed by atoms with Crippen molar-refractivity contribution in [3.05, 3.63) is 36.1 Å². The van der Waals surface area contributed by atoms with Gasteiger partial charge in [-0.1, -0.05) is 18.2 Å². The Hall–Kier alpha value is -1.85. The van der Waals surface area contributed by atoms with Crippen molar-refractivity contribution in [2.24, 2.45) is 0 Å². The normalized spacial score (nSPS) is 14.3. The number of para-hydroxylation sites is 1. The number of aliphatic hydroxyl groups excluding tert-OH is 2. The zero-order valence-corrected chi connectivity index (χ0v) is 10.7. The molecule has 0 aliphatic heterocycles. The number of nitrogens with one attached hydrogen (secondary N) is 1. The molecule has 0 aliphatic carbocycles. The number of benzene rings is 1. The molecule has 0 aliphatic rings. The van der Waals surface area contributed by atoms with Crippen molar-refractivity contribution in [2.45, 2.75) is 25.6 Å². The van der Waals surface area contributed by atoms with E-state index in [9.17, 15) is 15.0 Å². The molecule has 2 atom stereocenters. The molecule has 0 spiro atoms. The number of carbonyl (C=O) groups excluding carboxylic acids is 1. The van der Waals surface area contributed by atoms with Crippen LogP contribution in [0.3, 0.4) is 0 Å². The Kier molecular flexibility index (Phi) is 4.19. The second kappa shape index (κ2) is 5.86. The molecule has 2 unspecified atom stereocenters. The highest BCUT2D eigenvalue weighted by atomic mass is 16.3. The van der Waals surface area contributed by atoms with Gasteiger partial charge in [-0.05, 0) is 12.5 Å². The molecule has 2 aromatic rings. The number of rotatable bonds is 5. The number of furan rings is 1. The van der Waals surface area contributed by atoms with E-state index in [0.29, 0.717) is 17.7 Å². The summed E-state index contributed by atoms with van der Waals surface area (Å²) in [4.78, 5) is 10.7. The summed E-state index contributed by atoms with van der Waals surface area (Å²) in [5, 5.41) is 23.4. The number of carbonyl (C=O) groups is 1. The molecule has 5 heteroatoms. The van der Waals surface area contributed by atoms with E-state index in [1.807, 2.05) is 18.2 Å². The van der Waals surface area contributed by atoms with Crippen LogP contribution in [0.2, 0.25) is 0 Å². The molecule has 0 fully saturated rings. The van der Waals surface area contributed by atoms with Gasteiger partial charge >= 0.3 is 0 Å². The van der Waals surface area contributed by atoms with E-state index in [4.69, 9.17) is 4.42 Å². The van der Waals surface area contributed by atoms with Crippen LogP contribution < -0.4 is 5.32 Å². The van der Waals surface area contributed by atoms with E-state index in [1.54, 1.807) is 6.07 Å². The van der Waals surface area contributed by atoms with Gasteiger partial charge in [-0.15, -0.1) is 0 Å². The predicted molar refractivity (Wildman–Crippen MR) is 70.5 cm³/mol. The maximum atomic E-state index is 10.7. The number of fused-ring (bicyclic) bond motifs is 1. The van der Waals surface area contributed by atoms with E-state index in [-0.39, 0.29) is 12.3 Å². The van der Waals surface area contributed by atoms with Crippen LogP contribution in [0, 0.1) is 0 Å². The summed E-state index contributed by atoms with van der Waals surface area (Å²) in [6.07, 6.45) is -0.248. The van der Waals surface area contributed by atoms with Gasteiger partial charge in [0.15, 0.2) is 0 Å². The summed E-state index contributed by atoms with van der Waals surface area (Å²) in [5.74, 6) is -0.157. The highest BCUT2D eigenvalue weighted by Crippen LogP contribution is 2.28. The SMILES string of the molecule is CC(=O)NCCC(O)C(O)c1coc2ccccc12. The smallest absolute Gasteiger partial charge is 0.216 e. The Bertz CT molecular complexity index is 563. The highest BCUT2D eigenvalue weighted by Gasteiger charge is 2.22. The van der Waals surface area contributed by atoms with Gasteiger partial charge in [0.25, 0.3) is 0 Å². The van der Waals surface area contributed by atoms with Crippen molar-refractivity contribution in [3.8, 4) is 0 Å². The molecule has 1 aromatic heterocycles. The van der Waals surface area contributed by atoms with Gasteiger partial charge in [-0.3, -0.25) is 4.79 Å². The highest BCUT2D eigenvalue weighted by molar-refractivity contribution is 5.81. The lowest BCUT2D eigenvalue weighted by molar-refractivity contribution is -0.119. The Balaban J connectivity index is 2.06. The lowest BCUT2D eigenvalue weighted by Crippen LogP contribution is -2.27. The summed E-state index contributed by atoms with van der Waals surface area (Å²) in [6.45, 7) is 1.73. The Morgan fingerprint density at radius 3 is 2.84 bits per heavy atom. The lowest BCUT2D eigenvalue weighted by Gasteiger charge is -2.17. The minimum atomic E-state index is -1.03. The monoisotopic (exact) mass is 263 g/mol. The van der Waals surface area contributed by atoms with Gasteiger partial charge in [-0.25, -0.2) is 0 Å². The minimum absolute atomic E-state index is 0.157. The van der Waals surface area contributed by atoms with Crippen molar-refractivity contribution in [1.82, 2.24) is 5.32 Å². The number of hydrogen-bond donors (Lipinski definition) is 3. The van der Waals surface area contributed by atoms with Crippen LogP contribution in [0.15, 0.2) is 34.9 Å². The van der Waals surface area contributed by atoms with Crippen molar-refractivity contribution >= 4 is 16.9 Å². The Morgan fingerprint density at radius 2 is 2.11 bits per heavy atom. The molecular weight excluding hydrogens is 246 g/mol. The molecule has 1 heterocycles. The largest absolute Gasteiger partial charge is 0.464 e. The van der Waals surface area contributed by atoms with Crippen LogP contribution in [-0.2, 0) is 4.79 Å². The summed E-state index contributed by atoms with van der Waals surface area (Å²) in [7, 11) is 0. The molecule has 19 heavy (non-hydrogen) atoms. The van der Waals surface area contributed by atoms with Gasteiger partial charge in [0.2, 0.25) is 5.91 Å². The van der Waals surface area contributed by atoms with E-state index in [2.05, 4.69) is 5.32 Å². The van der Waals surface area contributed by atoms with Crippen molar-refractivity contribution in [3.63, 3.8) is 0 Å². The van der Waals surface area contributed by atoms with Crippen LogP contribution in [0.4, 0.5) is 0 Å². The molecule has 3 N–H and O–H groups in total. The van der Waals surface area contributed by atoms with Gasteiger partial charge in [-0.2, -0.15) is 0 Å². The second-order valence-electron chi connectivity index (χ2n) is 4.47. The molecule has 5 nitrogen and oxygen atoms in total. The first-order valence-electron chi connectivity index (χ1n) is 6.16. The zero-order chi connectivity index (χ0) is 13.8. The molecule has 0 radical (unpaired) electrons. The summed E-state index contributed by atoms with van der Waals surface area (Å²) >= 11 is 0. The molecule has 102 valence electrons. The molecule has 0 saturated heterocycles. The number of aliphatic hydroxyl groups is 2. The van der Waals surface area contributed by atoms with Gasteiger partial charge < -0.3 is 19.9 Å². The maximum absolute atomic E-state index is 10.7. The van der Waals surface area contributed by atoms with E-state index < -0.39 is 12.2 Å². The number of hydrogen-bond acceptors (Lipinski definition) is 4. The first kappa shape index (κ1) is 13.6. The minimum Gasteiger partial charge on any atom is -0.464 e. The third kappa shape index (κ3) is 3.13. The fraction of sp³-hybridized carbons (Fsp3) is 0.357. The van der Waals surface area contributed by atoms with Crippen LogP contribution in [0.1, 0.15) is 25.0 Å². The third-order valence-electron chi connectivity index (χ3n) is 3.01. The van der Waals surface area contributed by atoms with E-state index in [1.165, 1.54) is 13.2 Å². The van der Waals surface area contributed by atoms with Gasteiger partial charge in [0.1, 0.15) is 11.7 Å². The Morgan fingerprint density at radius 1 is 1.37 bits per heavy atom. The summed E-state index contributed by atoms with van der Waals surface area (Å²) in [6, 6.07) is 7.32. The first-order valence-corrected chi connectivity index (χ1v) is 6.16. The number of amides is 1. The van der Waals surface area contributed by atoms with Crippen molar-refractivity contribution < 1.29 is 19.4 Å². The van der Waals surface area contributed by atoms with Crippen LogP contribution in [0.5, 0.6) is 0 Å². The molecule has 1 amide bonds. The molecule has 1 aromatic carbocycles. The van der Waals surface area contributed by atoms with Crippen LogP contribution >= 0.6 is 0 Å². The van der Waals surface area contributed by atoms with E-state index >= 15 is 0 Å². The average Bonchev–Trinajstić information content (AvgIpc) is 2.81. The average molecular weight is 263 g/mol.